The Balaban J connectivity index is 1.53. The molecule has 4 nitrogen and oxygen atoms in total. The highest BCUT2D eigenvalue weighted by Crippen LogP contribution is 2.36. The summed E-state index contributed by atoms with van der Waals surface area (Å²) in [6.45, 7) is 3.34. The van der Waals surface area contributed by atoms with Crippen LogP contribution in [0.5, 0.6) is 0 Å². The third-order valence-electron chi connectivity index (χ3n) is 4.24. The molecule has 1 aliphatic heterocycles. The van der Waals surface area contributed by atoms with Gasteiger partial charge < -0.3 is 14.7 Å². The molecule has 0 unspecified atom stereocenters. The van der Waals surface area contributed by atoms with Gasteiger partial charge in [0.25, 0.3) is 0 Å². The molecule has 3 rings (SSSR count). The zero-order chi connectivity index (χ0) is 16.3. The molecule has 0 aliphatic carbocycles. The Morgan fingerprint density at radius 1 is 1.30 bits per heavy atom. The molecule has 23 heavy (non-hydrogen) atoms. The molecule has 5 heteroatoms. The first-order valence-electron chi connectivity index (χ1n) is 7.80. The quantitative estimate of drug-likeness (QED) is 0.933. The molecule has 0 spiro atoms. The second-order valence-corrected chi connectivity index (χ2v) is 6.96. The topological polar surface area (TPSA) is 49.8 Å². The molecule has 0 atom stereocenters. The number of aryl methyl sites for hydroxylation is 1. The summed E-state index contributed by atoms with van der Waals surface area (Å²) in [7, 11) is 0. The third-order valence-corrected chi connectivity index (χ3v) is 5.48. The molecular weight excluding hydrogens is 310 g/mol. The Morgan fingerprint density at radius 2 is 2.00 bits per heavy atom. The molecule has 0 saturated carbocycles. The van der Waals surface area contributed by atoms with Gasteiger partial charge >= 0.3 is 6.09 Å². The number of amides is 1. The maximum absolute atomic E-state index is 12.1. The van der Waals surface area contributed by atoms with Crippen molar-refractivity contribution in [3.8, 4) is 0 Å². The number of carbonyl (C=O) groups excluding carboxylic acids is 1. The second kappa shape index (κ2) is 6.72. The van der Waals surface area contributed by atoms with Gasteiger partial charge in [0.2, 0.25) is 0 Å². The maximum Gasteiger partial charge on any atom is 0.410 e. The van der Waals surface area contributed by atoms with Crippen molar-refractivity contribution < 1.29 is 14.6 Å². The van der Waals surface area contributed by atoms with Gasteiger partial charge in [-0.2, -0.15) is 0 Å². The predicted molar refractivity (Wildman–Crippen MR) is 90.4 cm³/mol. The lowest BCUT2D eigenvalue weighted by molar-refractivity contribution is -0.0228. The molecule has 1 N–H and O–H groups in total. The van der Waals surface area contributed by atoms with Gasteiger partial charge in [-0.25, -0.2) is 4.79 Å². The van der Waals surface area contributed by atoms with E-state index in [1.165, 1.54) is 5.56 Å². The van der Waals surface area contributed by atoms with Gasteiger partial charge in [-0.05, 0) is 42.3 Å². The average molecular weight is 331 g/mol. The van der Waals surface area contributed by atoms with Crippen LogP contribution in [-0.2, 0) is 16.9 Å². The standard InChI is InChI=1S/C18H21NO3S/c1-14-11-16(23-13-14)18(21)7-9-19(10-8-18)17(20)22-12-15-5-3-2-4-6-15/h2-6,11,13,21H,7-10,12H2,1H3. The van der Waals surface area contributed by atoms with Crippen LogP contribution in [0, 0.1) is 6.92 Å². The van der Waals surface area contributed by atoms with E-state index in [1.807, 2.05) is 48.7 Å². The fourth-order valence-corrected chi connectivity index (χ4v) is 3.85. The first-order valence-corrected chi connectivity index (χ1v) is 8.68. The third kappa shape index (κ3) is 3.74. The van der Waals surface area contributed by atoms with Crippen molar-refractivity contribution in [3.05, 3.63) is 57.8 Å². The molecule has 1 amide bonds. The molecule has 1 fully saturated rings. The second-order valence-electron chi connectivity index (χ2n) is 6.05. The van der Waals surface area contributed by atoms with E-state index in [0.717, 1.165) is 10.4 Å². The van der Waals surface area contributed by atoms with Crippen LogP contribution in [-0.4, -0.2) is 29.2 Å². The van der Waals surface area contributed by atoms with Crippen molar-refractivity contribution in [2.45, 2.75) is 32.0 Å². The van der Waals surface area contributed by atoms with Gasteiger partial charge in [0, 0.05) is 18.0 Å². The lowest BCUT2D eigenvalue weighted by Crippen LogP contribution is -2.45. The molecule has 1 aromatic carbocycles. The lowest BCUT2D eigenvalue weighted by atomic mass is 9.90. The summed E-state index contributed by atoms with van der Waals surface area (Å²) >= 11 is 1.59. The first-order chi connectivity index (χ1) is 11.1. The van der Waals surface area contributed by atoms with Gasteiger partial charge in [0.1, 0.15) is 12.2 Å². The minimum atomic E-state index is -0.810. The number of rotatable bonds is 3. The fourth-order valence-electron chi connectivity index (χ4n) is 2.79. The van der Waals surface area contributed by atoms with Crippen LogP contribution in [0.2, 0.25) is 0 Å². The van der Waals surface area contributed by atoms with Gasteiger partial charge in [0.05, 0.1) is 0 Å². The van der Waals surface area contributed by atoms with E-state index in [1.54, 1.807) is 16.2 Å². The monoisotopic (exact) mass is 331 g/mol. The number of ether oxygens (including phenoxy) is 1. The highest BCUT2D eigenvalue weighted by atomic mass is 32.1. The highest BCUT2D eigenvalue weighted by Gasteiger charge is 2.36. The van der Waals surface area contributed by atoms with Crippen LogP contribution in [0.15, 0.2) is 41.8 Å². The summed E-state index contributed by atoms with van der Waals surface area (Å²) in [4.78, 5) is 14.8. The molecule has 1 aromatic heterocycles. The molecule has 1 aliphatic rings. The number of aliphatic hydroxyl groups is 1. The minimum absolute atomic E-state index is 0.282. The SMILES string of the molecule is Cc1csc(C2(O)CCN(C(=O)OCc3ccccc3)CC2)c1. The Kier molecular flexibility index (Phi) is 4.68. The normalized spacial score (nSPS) is 17.0. The Morgan fingerprint density at radius 3 is 2.61 bits per heavy atom. The van der Waals surface area contributed by atoms with E-state index < -0.39 is 5.60 Å². The molecular formula is C18H21NO3S. The summed E-state index contributed by atoms with van der Waals surface area (Å²) in [5.74, 6) is 0. The summed E-state index contributed by atoms with van der Waals surface area (Å²) in [6, 6.07) is 11.7. The smallest absolute Gasteiger partial charge is 0.410 e. The summed E-state index contributed by atoms with van der Waals surface area (Å²) in [6.07, 6.45) is 0.791. The maximum atomic E-state index is 12.1. The van der Waals surface area contributed by atoms with Gasteiger partial charge in [0.15, 0.2) is 0 Å². The summed E-state index contributed by atoms with van der Waals surface area (Å²) in [5.41, 5.74) is 1.33. The zero-order valence-corrected chi connectivity index (χ0v) is 14.0. The van der Waals surface area contributed by atoms with Crippen LogP contribution < -0.4 is 0 Å². The Bertz CT molecular complexity index is 660. The van der Waals surface area contributed by atoms with Gasteiger partial charge in [-0.1, -0.05) is 30.3 Å². The number of likely N-dealkylation sites (tertiary alicyclic amines) is 1. The van der Waals surface area contributed by atoms with E-state index in [-0.39, 0.29) is 12.7 Å². The van der Waals surface area contributed by atoms with E-state index >= 15 is 0 Å². The van der Waals surface area contributed by atoms with Crippen molar-refractivity contribution in [1.82, 2.24) is 4.90 Å². The van der Waals surface area contributed by atoms with Crippen LogP contribution in [0.1, 0.15) is 28.8 Å². The van der Waals surface area contributed by atoms with Crippen LogP contribution in [0.4, 0.5) is 4.79 Å². The first kappa shape index (κ1) is 16.0. The van der Waals surface area contributed by atoms with Gasteiger partial charge in [-0.15, -0.1) is 11.3 Å². The van der Waals surface area contributed by atoms with Crippen molar-refractivity contribution >= 4 is 17.4 Å². The van der Waals surface area contributed by atoms with Crippen molar-refractivity contribution in [1.29, 1.82) is 0 Å². The van der Waals surface area contributed by atoms with E-state index in [0.29, 0.717) is 25.9 Å². The predicted octanol–water partition coefficient (Wildman–Crippen LogP) is 3.68. The number of piperidine rings is 1. The van der Waals surface area contributed by atoms with Crippen LogP contribution in [0.25, 0.3) is 0 Å². The van der Waals surface area contributed by atoms with E-state index in [2.05, 4.69) is 0 Å². The molecule has 0 bridgehead atoms. The van der Waals surface area contributed by atoms with Gasteiger partial charge in [-0.3, -0.25) is 0 Å². The zero-order valence-electron chi connectivity index (χ0n) is 13.2. The number of benzene rings is 1. The van der Waals surface area contributed by atoms with Crippen molar-refractivity contribution in [3.63, 3.8) is 0 Å². The Hall–Kier alpha value is -1.85. The van der Waals surface area contributed by atoms with Crippen LogP contribution in [0.3, 0.4) is 0 Å². The highest BCUT2D eigenvalue weighted by molar-refractivity contribution is 7.10. The molecule has 2 aromatic rings. The minimum Gasteiger partial charge on any atom is -0.445 e. The molecule has 122 valence electrons. The Labute approximate surface area is 140 Å². The average Bonchev–Trinajstić information content (AvgIpc) is 3.02. The van der Waals surface area contributed by atoms with Crippen molar-refractivity contribution in [2.75, 3.05) is 13.1 Å². The molecule has 1 saturated heterocycles. The van der Waals surface area contributed by atoms with Crippen LogP contribution >= 0.6 is 11.3 Å². The van der Waals surface area contributed by atoms with E-state index in [9.17, 15) is 9.90 Å². The number of carbonyl (C=O) groups is 1. The van der Waals surface area contributed by atoms with E-state index in [4.69, 9.17) is 4.74 Å². The molecule has 0 radical (unpaired) electrons. The summed E-state index contributed by atoms with van der Waals surface area (Å²) < 4.78 is 5.35. The van der Waals surface area contributed by atoms with Crippen molar-refractivity contribution in [2.24, 2.45) is 0 Å². The number of nitrogens with zero attached hydrogens (tertiary/aromatic N) is 1. The number of hydrogen-bond acceptors (Lipinski definition) is 4. The summed E-state index contributed by atoms with van der Waals surface area (Å²) in [5, 5.41) is 12.8. The fraction of sp³-hybridized carbons (Fsp3) is 0.389. The number of hydrogen-bond donors (Lipinski definition) is 1. The number of thiophene rings is 1. The molecule has 2 heterocycles. The lowest BCUT2D eigenvalue weighted by Gasteiger charge is -2.37. The largest absolute Gasteiger partial charge is 0.445 e.